The summed E-state index contributed by atoms with van der Waals surface area (Å²) >= 11 is 1.62. The molecule has 0 saturated carbocycles. The molecule has 0 spiro atoms. The average molecular weight is 326 g/mol. The molecule has 1 aromatic carbocycles. The van der Waals surface area contributed by atoms with Gasteiger partial charge in [-0.3, -0.25) is 4.79 Å². The molecule has 23 heavy (non-hydrogen) atoms. The number of ether oxygens (including phenoxy) is 1. The van der Waals surface area contributed by atoms with Crippen LogP contribution in [0.1, 0.15) is 35.1 Å². The van der Waals surface area contributed by atoms with E-state index in [4.69, 9.17) is 4.74 Å². The monoisotopic (exact) mass is 326 g/mol. The van der Waals surface area contributed by atoms with E-state index in [0.29, 0.717) is 5.56 Å². The topological polar surface area (TPSA) is 65.9 Å². The Morgan fingerprint density at radius 3 is 2.83 bits per heavy atom. The van der Waals surface area contributed by atoms with Crippen LogP contribution >= 0.6 is 11.8 Å². The SMILES string of the molecule is COc1cccc(CSc2[nH]c(=O)c(C#N)c3c2CCCC3)c1. The van der Waals surface area contributed by atoms with Crippen LogP contribution in [0.25, 0.3) is 0 Å². The molecule has 1 aliphatic rings. The minimum absolute atomic E-state index is 0.263. The Morgan fingerprint density at radius 2 is 2.09 bits per heavy atom. The predicted molar refractivity (Wildman–Crippen MR) is 91.0 cm³/mol. The normalized spacial score (nSPS) is 13.2. The molecule has 1 N–H and O–H groups in total. The average Bonchev–Trinajstić information content (AvgIpc) is 2.60. The molecule has 0 fully saturated rings. The van der Waals surface area contributed by atoms with Crippen molar-refractivity contribution in [3.63, 3.8) is 0 Å². The number of nitrogens with one attached hydrogen (secondary N) is 1. The summed E-state index contributed by atoms with van der Waals surface area (Å²) < 4.78 is 5.24. The highest BCUT2D eigenvalue weighted by atomic mass is 32.2. The highest BCUT2D eigenvalue weighted by molar-refractivity contribution is 7.98. The summed E-state index contributed by atoms with van der Waals surface area (Å²) in [7, 11) is 1.65. The van der Waals surface area contributed by atoms with Gasteiger partial charge in [0, 0.05) is 5.75 Å². The molecule has 0 saturated heterocycles. The molecular formula is C18H18N2O2S. The van der Waals surface area contributed by atoms with Gasteiger partial charge in [0.05, 0.1) is 12.1 Å². The Kier molecular flexibility index (Phi) is 4.73. The van der Waals surface area contributed by atoms with Gasteiger partial charge in [-0.05, 0) is 54.5 Å². The molecule has 0 amide bonds. The van der Waals surface area contributed by atoms with Crippen molar-refractivity contribution < 1.29 is 4.74 Å². The third-order valence-electron chi connectivity index (χ3n) is 4.13. The Labute approximate surface area is 139 Å². The van der Waals surface area contributed by atoms with E-state index in [2.05, 4.69) is 11.1 Å². The van der Waals surface area contributed by atoms with Crippen molar-refractivity contribution >= 4 is 11.8 Å². The first-order valence-corrected chi connectivity index (χ1v) is 8.65. The lowest BCUT2D eigenvalue weighted by Crippen LogP contribution is -2.20. The highest BCUT2D eigenvalue weighted by Gasteiger charge is 2.20. The number of pyridine rings is 1. The molecule has 4 nitrogen and oxygen atoms in total. The number of rotatable bonds is 4. The van der Waals surface area contributed by atoms with E-state index >= 15 is 0 Å². The maximum absolute atomic E-state index is 12.1. The zero-order valence-electron chi connectivity index (χ0n) is 13.0. The largest absolute Gasteiger partial charge is 0.497 e. The number of thioether (sulfide) groups is 1. The molecule has 1 aromatic heterocycles. The molecule has 1 aliphatic carbocycles. The van der Waals surface area contributed by atoms with Gasteiger partial charge in [0.1, 0.15) is 17.4 Å². The third-order valence-corrected chi connectivity index (χ3v) is 5.24. The molecular weight excluding hydrogens is 308 g/mol. The summed E-state index contributed by atoms with van der Waals surface area (Å²) in [6, 6.07) is 10.00. The molecule has 0 aliphatic heterocycles. The number of nitriles is 1. The van der Waals surface area contributed by atoms with E-state index in [1.807, 2.05) is 24.3 Å². The predicted octanol–water partition coefficient (Wildman–Crippen LogP) is 3.43. The lowest BCUT2D eigenvalue weighted by molar-refractivity contribution is 0.414. The highest BCUT2D eigenvalue weighted by Crippen LogP contribution is 2.32. The van der Waals surface area contributed by atoms with E-state index < -0.39 is 0 Å². The van der Waals surface area contributed by atoms with Crippen molar-refractivity contribution in [2.24, 2.45) is 0 Å². The molecule has 118 valence electrons. The van der Waals surface area contributed by atoms with Crippen molar-refractivity contribution in [2.75, 3.05) is 7.11 Å². The maximum Gasteiger partial charge on any atom is 0.267 e. The third kappa shape index (κ3) is 3.27. The van der Waals surface area contributed by atoms with Gasteiger partial charge in [-0.1, -0.05) is 12.1 Å². The number of H-pyrrole nitrogens is 1. The van der Waals surface area contributed by atoms with Crippen molar-refractivity contribution in [3.05, 3.63) is 56.9 Å². The molecule has 3 rings (SSSR count). The van der Waals surface area contributed by atoms with Gasteiger partial charge in [-0.25, -0.2) is 0 Å². The van der Waals surface area contributed by atoms with Gasteiger partial charge in [0.2, 0.25) is 0 Å². The van der Waals surface area contributed by atoms with Crippen molar-refractivity contribution in [1.82, 2.24) is 4.98 Å². The quantitative estimate of drug-likeness (QED) is 0.874. The lowest BCUT2D eigenvalue weighted by atomic mass is 9.90. The van der Waals surface area contributed by atoms with Gasteiger partial charge < -0.3 is 9.72 Å². The van der Waals surface area contributed by atoms with Gasteiger partial charge in [-0.2, -0.15) is 5.26 Å². The van der Waals surface area contributed by atoms with Crippen LogP contribution in [0.5, 0.6) is 5.75 Å². The number of aromatic nitrogens is 1. The summed E-state index contributed by atoms with van der Waals surface area (Å²) in [5, 5.41) is 10.1. The number of hydrogen-bond donors (Lipinski definition) is 1. The molecule has 0 radical (unpaired) electrons. The summed E-state index contributed by atoms with van der Waals surface area (Å²) in [6.45, 7) is 0. The molecule has 2 aromatic rings. The Morgan fingerprint density at radius 1 is 1.30 bits per heavy atom. The Bertz CT molecular complexity index is 821. The van der Waals surface area contributed by atoms with Crippen molar-refractivity contribution in [3.8, 4) is 11.8 Å². The summed E-state index contributed by atoms with van der Waals surface area (Å²) in [6.07, 6.45) is 3.91. The second kappa shape index (κ2) is 6.93. The fourth-order valence-corrected chi connectivity index (χ4v) is 4.02. The second-order valence-corrected chi connectivity index (χ2v) is 6.56. The lowest BCUT2D eigenvalue weighted by Gasteiger charge is -2.19. The zero-order chi connectivity index (χ0) is 16.2. The van der Waals surface area contributed by atoms with Crippen molar-refractivity contribution in [1.29, 1.82) is 5.26 Å². The second-order valence-electron chi connectivity index (χ2n) is 5.57. The first-order valence-electron chi connectivity index (χ1n) is 7.66. The van der Waals surface area contributed by atoms with Crippen LogP contribution in [-0.2, 0) is 18.6 Å². The van der Waals surface area contributed by atoms with Gasteiger partial charge in [0.25, 0.3) is 5.56 Å². The molecule has 0 atom stereocenters. The molecule has 0 bridgehead atoms. The van der Waals surface area contributed by atoms with Crippen LogP contribution in [0, 0.1) is 11.3 Å². The zero-order valence-corrected chi connectivity index (χ0v) is 13.8. The van der Waals surface area contributed by atoms with E-state index in [-0.39, 0.29) is 5.56 Å². The number of methoxy groups -OCH3 is 1. The van der Waals surface area contributed by atoms with Crippen molar-refractivity contribution in [2.45, 2.75) is 36.5 Å². The van der Waals surface area contributed by atoms with Crippen LogP contribution in [0.15, 0.2) is 34.1 Å². The van der Waals surface area contributed by atoms with E-state index in [1.165, 1.54) is 0 Å². The van der Waals surface area contributed by atoms with Crippen LogP contribution in [0.4, 0.5) is 0 Å². The Balaban J connectivity index is 1.90. The number of aromatic amines is 1. The van der Waals surface area contributed by atoms with E-state index in [0.717, 1.165) is 58.9 Å². The summed E-state index contributed by atoms with van der Waals surface area (Å²) in [5.41, 5.74) is 3.28. The number of hydrogen-bond acceptors (Lipinski definition) is 4. The van der Waals surface area contributed by atoms with Crippen LogP contribution in [0.3, 0.4) is 0 Å². The van der Waals surface area contributed by atoms with Crippen LogP contribution in [-0.4, -0.2) is 12.1 Å². The van der Waals surface area contributed by atoms with E-state index in [9.17, 15) is 10.1 Å². The maximum atomic E-state index is 12.1. The minimum atomic E-state index is -0.263. The molecule has 1 heterocycles. The minimum Gasteiger partial charge on any atom is -0.497 e. The van der Waals surface area contributed by atoms with Crippen LogP contribution < -0.4 is 10.3 Å². The summed E-state index contributed by atoms with van der Waals surface area (Å²) in [4.78, 5) is 15.1. The first-order chi connectivity index (χ1) is 11.2. The van der Waals surface area contributed by atoms with Gasteiger partial charge in [-0.15, -0.1) is 11.8 Å². The van der Waals surface area contributed by atoms with E-state index in [1.54, 1.807) is 18.9 Å². The standard InChI is InChI=1S/C18H18N2O2S/c1-22-13-6-4-5-12(9-13)11-23-18-15-8-3-2-7-14(15)16(10-19)17(21)20-18/h4-6,9H,2-3,7-8,11H2,1H3,(H,20,21). The first kappa shape index (κ1) is 15.7. The molecule has 5 heteroatoms. The number of nitrogens with zero attached hydrogens (tertiary/aromatic N) is 1. The number of benzene rings is 1. The Hall–Kier alpha value is -2.19. The summed E-state index contributed by atoms with van der Waals surface area (Å²) in [5.74, 6) is 1.59. The molecule has 0 unspecified atom stereocenters. The smallest absolute Gasteiger partial charge is 0.267 e. The van der Waals surface area contributed by atoms with Crippen LogP contribution in [0.2, 0.25) is 0 Å². The van der Waals surface area contributed by atoms with Gasteiger partial charge in [0.15, 0.2) is 0 Å². The fraction of sp³-hybridized carbons (Fsp3) is 0.333. The fourth-order valence-electron chi connectivity index (χ4n) is 2.97. The number of fused-ring (bicyclic) bond motifs is 1. The van der Waals surface area contributed by atoms with Gasteiger partial charge >= 0.3 is 0 Å².